The molecular weight excluding hydrogens is 432 g/mol. The lowest BCUT2D eigenvalue weighted by atomic mass is 10.1. The predicted molar refractivity (Wildman–Crippen MR) is 108 cm³/mol. The van der Waals surface area contributed by atoms with Gasteiger partial charge in [-0.15, -0.1) is 0 Å². The summed E-state index contributed by atoms with van der Waals surface area (Å²) in [7, 11) is -3.30. The highest BCUT2D eigenvalue weighted by molar-refractivity contribution is 7.88. The van der Waals surface area contributed by atoms with Gasteiger partial charge in [-0.3, -0.25) is 0 Å². The zero-order valence-electron chi connectivity index (χ0n) is 16.6. The fourth-order valence-electron chi connectivity index (χ4n) is 3.32. The first-order valence-electron chi connectivity index (χ1n) is 9.53. The number of aromatic nitrogens is 5. The second-order valence-corrected chi connectivity index (χ2v) is 9.07. The third-order valence-electron chi connectivity index (χ3n) is 4.82. The minimum absolute atomic E-state index is 0.0679. The van der Waals surface area contributed by atoms with E-state index in [1.165, 1.54) is 29.2 Å². The van der Waals surface area contributed by atoms with E-state index in [4.69, 9.17) is 4.74 Å². The van der Waals surface area contributed by atoms with Gasteiger partial charge in [0.1, 0.15) is 23.5 Å². The van der Waals surface area contributed by atoms with Crippen molar-refractivity contribution in [1.29, 1.82) is 0 Å². The first kappa shape index (κ1) is 21.5. The zero-order valence-corrected chi connectivity index (χ0v) is 17.5. The number of anilines is 1. The Balaban J connectivity index is 1.61. The van der Waals surface area contributed by atoms with Gasteiger partial charge in [0.05, 0.1) is 31.4 Å². The van der Waals surface area contributed by atoms with E-state index < -0.39 is 16.4 Å². The highest BCUT2D eigenvalue weighted by atomic mass is 32.2. The van der Waals surface area contributed by atoms with Crippen LogP contribution in [0.4, 0.5) is 14.6 Å². The van der Waals surface area contributed by atoms with Crippen molar-refractivity contribution >= 4 is 21.5 Å². The smallest absolute Gasteiger partial charge is 0.282 e. The van der Waals surface area contributed by atoms with Gasteiger partial charge in [-0.05, 0) is 12.1 Å². The summed E-state index contributed by atoms with van der Waals surface area (Å²) in [5.41, 5.74) is 1.01. The molecule has 0 amide bonds. The van der Waals surface area contributed by atoms with Crippen LogP contribution < -0.4 is 9.62 Å². The van der Waals surface area contributed by atoms with Crippen LogP contribution in [0.2, 0.25) is 0 Å². The molecular formula is C18H21F2N7O3S. The first-order valence-corrected chi connectivity index (χ1v) is 11.4. The molecule has 3 aromatic heterocycles. The third-order valence-corrected chi connectivity index (χ3v) is 5.51. The van der Waals surface area contributed by atoms with E-state index >= 15 is 0 Å². The van der Waals surface area contributed by atoms with E-state index in [9.17, 15) is 17.2 Å². The molecule has 10 nitrogen and oxygen atoms in total. The average Bonchev–Trinajstić information content (AvgIpc) is 3.01. The molecule has 1 aliphatic heterocycles. The molecule has 0 saturated carbocycles. The molecule has 0 aliphatic carbocycles. The summed E-state index contributed by atoms with van der Waals surface area (Å²) >= 11 is 0. The van der Waals surface area contributed by atoms with Gasteiger partial charge in [0.2, 0.25) is 10.0 Å². The van der Waals surface area contributed by atoms with Crippen molar-refractivity contribution in [1.82, 2.24) is 29.3 Å². The maximum absolute atomic E-state index is 13.1. The Bertz CT molecular complexity index is 1170. The number of imidazole rings is 1. The number of alkyl halides is 2. The Labute approximate surface area is 177 Å². The van der Waals surface area contributed by atoms with Crippen molar-refractivity contribution in [2.45, 2.75) is 6.43 Å². The van der Waals surface area contributed by atoms with Crippen molar-refractivity contribution in [3.05, 3.63) is 36.4 Å². The van der Waals surface area contributed by atoms with Crippen molar-refractivity contribution in [3.63, 3.8) is 0 Å². The van der Waals surface area contributed by atoms with E-state index in [1.54, 1.807) is 6.07 Å². The summed E-state index contributed by atoms with van der Waals surface area (Å²) in [5.74, 6) is 0.543. The van der Waals surface area contributed by atoms with Gasteiger partial charge >= 0.3 is 0 Å². The van der Waals surface area contributed by atoms with Crippen LogP contribution in [0.25, 0.3) is 17.0 Å². The predicted octanol–water partition coefficient (Wildman–Crippen LogP) is 1.13. The normalized spacial score (nSPS) is 17.9. The number of nitrogens with zero attached hydrogens (tertiary/aromatic N) is 6. The summed E-state index contributed by atoms with van der Waals surface area (Å²) in [6.07, 6.45) is 1.32. The molecule has 1 aliphatic rings. The number of ether oxygens (including phenoxy) is 1. The highest BCUT2D eigenvalue weighted by Crippen LogP contribution is 2.24. The number of rotatable bonds is 6. The second kappa shape index (κ2) is 8.77. The Hall–Kier alpha value is -2.77. The van der Waals surface area contributed by atoms with Crippen molar-refractivity contribution in [2.24, 2.45) is 5.92 Å². The number of halogens is 2. The van der Waals surface area contributed by atoms with Crippen LogP contribution in [0.5, 0.6) is 0 Å². The maximum atomic E-state index is 13.1. The number of hydrogen-bond acceptors (Lipinski definition) is 8. The Morgan fingerprint density at radius 1 is 1.29 bits per heavy atom. The van der Waals surface area contributed by atoms with E-state index in [0.717, 1.165) is 6.26 Å². The largest absolute Gasteiger partial charge is 0.379 e. The first-order chi connectivity index (χ1) is 14.8. The minimum Gasteiger partial charge on any atom is -0.379 e. The molecule has 1 saturated heterocycles. The average molecular weight is 453 g/mol. The molecule has 1 fully saturated rings. The van der Waals surface area contributed by atoms with Crippen molar-refractivity contribution < 1.29 is 21.9 Å². The number of fused-ring (bicyclic) bond motifs is 1. The molecule has 3 aromatic rings. The lowest BCUT2D eigenvalue weighted by Gasteiger charge is -2.24. The Morgan fingerprint density at radius 3 is 2.90 bits per heavy atom. The molecule has 0 radical (unpaired) electrons. The SMILES string of the molecule is CS(=O)(=O)NCC1COCCN(c2cc(-c3cnc4ccc(C(F)F)nn34)ncn2)C1. The Morgan fingerprint density at radius 2 is 2.13 bits per heavy atom. The molecule has 166 valence electrons. The summed E-state index contributed by atoms with van der Waals surface area (Å²) in [6, 6.07) is 4.45. The van der Waals surface area contributed by atoms with E-state index in [-0.39, 0.29) is 18.2 Å². The fraction of sp³-hybridized carbons (Fsp3) is 0.444. The van der Waals surface area contributed by atoms with Crippen LogP contribution in [0, 0.1) is 5.92 Å². The number of nitrogens with one attached hydrogen (secondary N) is 1. The van der Waals surface area contributed by atoms with Gasteiger partial charge in [0.25, 0.3) is 6.43 Å². The van der Waals surface area contributed by atoms with Crippen molar-refractivity contribution in [2.75, 3.05) is 44.0 Å². The van der Waals surface area contributed by atoms with Crippen molar-refractivity contribution in [3.8, 4) is 11.4 Å². The van der Waals surface area contributed by atoms with E-state index in [2.05, 4.69) is 24.8 Å². The van der Waals surface area contributed by atoms with Gasteiger partial charge in [-0.1, -0.05) is 0 Å². The highest BCUT2D eigenvalue weighted by Gasteiger charge is 2.22. The van der Waals surface area contributed by atoms with E-state index in [1.807, 2.05) is 4.90 Å². The molecule has 1 N–H and O–H groups in total. The van der Waals surface area contributed by atoms with Crippen LogP contribution in [-0.4, -0.2) is 72.1 Å². The van der Waals surface area contributed by atoms with Gasteiger partial charge < -0.3 is 9.64 Å². The quantitative estimate of drug-likeness (QED) is 0.591. The molecule has 0 bridgehead atoms. The molecule has 0 aromatic carbocycles. The summed E-state index contributed by atoms with van der Waals surface area (Å²) in [5, 5.41) is 3.97. The van der Waals surface area contributed by atoms with Gasteiger partial charge in [0, 0.05) is 31.6 Å². The standard InChI is InChI=1S/C18H21F2N7O3S/c1-31(28,29)24-7-12-9-26(4-5-30-10-12)17-6-14(22-11-23-17)15-8-21-16-3-2-13(18(19)20)25-27(15)16/h2-3,6,8,11-12,18,24H,4-5,7,9-10H2,1H3. The monoisotopic (exact) mass is 453 g/mol. The molecule has 13 heteroatoms. The molecule has 31 heavy (non-hydrogen) atoms. The molecule has 4 rings (SSSR count). The number of hydrogen-bond donors (Lipinski definition) is 1. The fourth-order valence-corrected chi connectivity index (χ4v) is 3.86. The molecule has 1 unspecified atom stereocenters. The summed E-state index contributed by atoms with van der Waals surface area (Å²) in [6.45, 7) is 2.22. The van der Waals surface area contributed by atoms with Gasteiger partial charge in [0.15, 0.2) is 5.65 Å². The lowest BCUT2D eigenvalue weighted by molar-refractivity contribution is 0.125. The van der Waals surface area contributed by atoms with Gasteiger partial charge in [-0.25, -0.2) is 41.4 Å². The second-order valence-electron chi connectivity index (χ2n) is 7.24. The van der Waals surface area contributed by atoms with Gasteiger partial charge in [-0.2, -0.15) is 5.10 Å². The van der Waals surface area contributed by atoms with E-state index in [0.29, 0.717) is 49.2 Å². The zero-order chi connectivity index (χ0) is 22.0. The molecule has 4 heterocycles. The van der Waals surface area contributed by atoms with Crippen LogP contribution in [0.15, 0.2) is 30.7 Å². The Kier molecular flexibility index (Phi) is 6.07. The lowest BCUT2D eigenvalue weighted by Crippen LogP contribution is -2.37. The summed E-state index contributed by atoms with van der Waals surface area (Å²) in [4.78, 5) is 14.8. The number of sulfonamides is 1. The topological polar surface area (TPSA) is 115 Å². The van der Waals surface area contributed by atoms with Crippen LogP contribution in [0.3, 0.4) is 0 Å². The third kappa shape index (κ3) is 5.11. The molecule has 1 atom stereocenters. The summed E-state index contributed by atoms with van der Waals surface area (Å²) < 4.78 is 58.4. The minimum atomic E-state index is -3.30. The molecule has 0 spiro atoms. The van der Waals surface area contributed by atoms with Crippen LogP contribution >= 0.6 is 0 Å². The maximum Gasteiger partial charge on any atom is 0.282 e. The van der Waals surface area contributed by atoms with Crippen LogP contribution in [0.1, 0.15) is 12.1 Å². The van der Waals surface area contributed by atoms with Crippen LogP contribution in [-0.2, 0) is 14.8 Å².